The topological polar surface area (TPSA) is 67.1 Å². The molecule has 106 valence electrons. The van der Waals surface area contributed by atoms with Gasteiger partial charge in [-0.1, -0.05) is 6.92 Å². The van der Waals surface area contributed by atoms with Crippen molar-refractivity contribution in [1.82, 2.24) is 15.4 Å². The van der Waals surface area contributed by atoms with Crippen LogP contribution in [0.15, 0.2) is 24.5 Å². The fraction of sp³-hybridized carbons (Fsp3) is 0.429. The van der Waals surface area contributed by atoms with Crippen LogP contribution in [-0.2, 0) is 0 Å². The summed E-state index contributed by atoms with van der Waals surface area (Å²) in [4.78, 5) is 10.6. The summed E-state index contributed by atoms with van der Waals surface area (Å²) in [6, 6.07) is 3.46. The number of nitrogens with two attached hydrogens (primary N) is 1. The number of hydrazine groups is 1. The molecule has 1 fully saturated rings. The third kappa shape index (κ3) is 2.32. The largest absolute Gasteiger partial charge is 0.368 e. The van der Waals surface area contributed by atoms with E-state index in [1.165, 1.54) is 12.3 Å². The molecule has 3 rings (SSSR count). The molecule has 0 spiro atoms. The van der Waals surface area contributed by atoms with Crippen LogP contribution in [0.2, 0.25) is 0 Å². The van der Waals surface area contributed by atoms with Crippen LogP contribution < -0.4 is 16.2 Å². The molecule has 1 saturated heterocycles. The molecule has 1 aromatic carbocycles. The minimum Gasteiger partial charge on any atom is -0.368 e. The zero-order valence-electron chi connectivity index (χ0n) is 11.4. The molecular formula is C14H18FN5. The first-order valence-corrected chi connectivity index (χ1v) is 6.79. The van der Waals surface area contributed by atoms with Crippen LogP contribution in [0.4, 0.5) is 10.1 Å². The second kappa shape index (κ2) is 5.30. The maximum atomic E-state index is 13.8. The minimum absolute atomic E-state index is 0.232. The van der Waals surface area contributed by atoms with Gasteiger partial charge in [-0.15, -0.1) is 0 Å². The summed E-state index contributed by atoms with van der Waals surface area (Å²) in [5.74, 6) is 5.76. The molecule has 0 aliphatic carbocycles. The van der Waals surface area contributed by atoms with Crippen molar-refractivity contribution in [2.75, 3.05) is 18.0 Å². The molecule has 2 aromatic rings. The van der Waals surface area contributed by atoms with Gasteiger partial charge in [0, 0.05) is 31.5 Å². The first kappa shape index (κ1) is 13.2. The molecule has 1 aliphatic rings. The van der Waals surface area contributed by atoms with Crippen LogP contribution in [0.1, 0.15) is 13.3 Å². The first-order chi connectivity index (χ1) is 9.69. The van der Waals surface area contributed by atoms with Gasteiger partial charge in [0.1, 0.15) is 11.0 Å². The van der Waals surface area contributed by atoms with Crippen molar-refractivity contribution in [3.63, 3.8) is 0 Å². The van der Waals surface area contributed by atoms with Gasteiger partial charge in [0.15, 0.2) is 5.82 Å². The number of halogens is 1. The van der Waals surface area contributed by atoms with Crippen molar-refractivity contribution < 1.29 is 4.39 Å². The zero-order valence-corrected chi connectivity index (χ0v) is 11.4. The Balaban J connectivity index is 2.03. The molecule has 0 amide bonds. The predicted molar refractivity (Wildman–Crippen MR) is 76.6 cm³/mol. The lowest BCUT2D eigenvalue weighted by atomic mass is 9.95. The predicted octanol–water partition coefficient (Wildman–Crippen LogP) is 1.45. The van der Waals surface area contributed by atoms with Crippen LogP contribution in [0.3, 0.4) is 0 Å². The van der Waals surface area contributed by atoms with Gasteiger partial charge in [-0.05, 0) is 24.5 Å². The molecule has 1 aromatic heterocycles. The lowest BCUT2D eigenvalue weighted by Gasteiger charge is -2.37. The zero-order chi connectivity index (χ0) is 14.1. The summed E-state index contributed by atoms with van der Waals surface area (Å²) in [5, 5.41) is 0. The molecule has 5 nitrogen and oxygen atoms in total. The van der Waals surface area contributed by atoms with Gasteiger partial charge in [0.25, 0.3) is 0 Å². The summed E-state index contributed by atoms with van der Waals surface area (Å²) in [6.45, 7) is 3.89. The quantitative estimate of drug-likeness (QED) is 0.641. The highest BCUT2D eigenvalue weighted by molar-refractivity contribution is 5.88. The molecule has 6 heteroatoms. The van der Waals surface area contributed by atoms with Crippen LogP contribution >= 0.6 is 0 Å². The average Bonchev–Trinajstić information content (AvgIpc) is 2.47. The molecule has 2 atom stereocenters. The number of aromatic nitrogens is 2. The maximum Gasteiger partial charge on any atom is 0.151 e. The number of anilines is 1. The van der Waals surface area contributed by atoms with E-state index in [4.69, 9.17) is 5.84 Å². The number of fused-ring (bicyclic) bond motifs is 1. The molecule has 0 bridgehead atoms. The van der Waals surface area contributed by atoms with Gasteiger partial charge in [0.2, 0.25) is 0 Å². The molecule has 20 heavy (non-hydrogen) atoms. The van der Waals surface area contributed by atoms with E-state index in [9.17, 15) is 4.39 Å². The van der Waals surface area contributed by atoms with Gasteiger partial charge in [-0.25, -0.2) is 9.37 Å². The number of nitrogens with zero attached hydrogens (tertiary/aromatic N) is 3. The van der Waals surface area contributed by atoms with Crippen LogP contribution in [0.5, 0.6) is 0 Å². The van der Waals surface area contributed by atoms with Crippen LogP contribution in [0, 0.1) is 11.7 Å². The Kier molecular flexibility index (Phi) is 3.50. The third-order valence-electron chi connectivity index (χ3n) is 3.79. The lowest BCUT2D eigenvalue weighted by molar-refractivity contribution is 0.355. The molecular weight excluding hydrogens is 257 g/mol. The highest BCUT2D eigenvalue weighted by Gasteiger charge is 2.25. The van der Waals surface area contributed by atoms with Crippen molar-refractivity contribution in [3.05, 3.63) is 30.3 Å². The Morgan fingerprint density at radius 1 is 1.25 bits per heavy atom. The van der Waals surface area contributed by atoms with Crippen molar-refractivity contribution in [3.8, 4) is 0 Å². The first-order valence-electron chi connectivity index (χ1n) is 6.79. The van der Waals surface area contributed by atoms with Crippen molar-refractivity contribution >= 4 is 16.7 Å². The third-order valence-corrected chi connectivity index (χ3v) is 3.79. The van der Waals surface area contributed by atoms with Crippen molar-refractivity contribution in [1.29, 1.82) is 0 Å². The lowest BCUT2D eigenvalue weighted by Crippen LogP contribution is -2.51. The highest BCUT2D eigenvalue weighted by Crippen LogP contribution is 2.29. The number of hydrogen-bond donors (Lipinski definition) is 2. The molecule has 0 radical (unpaired) electrons. The Labute approximate surface area is 117 Å². The minimum atomic E-state index is -0.338. The summed E-state index contributed by atoms with van der Waals surface area (Å²) >= 11 is 0. The number of benzene rings is 1. The number of hydrogen-bond acceptors (Lipinski definition) is 5. The summed E-state index contributed by atoms with van der Waals surface area (Å²) in [7, 11) is 0. The summed E-state index contributed by atoms with van der Waals surface area (Å²) < 4.78 is 13.8. The van der Waals surface area contributed by atoms with Gasteiger partial charge in [0.05, 0.1) is 5.69 Å². The Morgan fingerprint density at radius 3 is 2.75 bits per heavy atom. The maximum absolute atomic E-state index is 13.8. The Bertz CT molecular complexity index is 618. The molecule has 2 unspecified atom stereocenters. The molecule has 0 saturated carbocycles. The van der Waals surface area contributed by atoms with Crippen molar-refractivity contribution in [2.24, 2.45) is 11.8 Å². The number of piperidine rings is 1. The Morgan fingerprint density at radius 2 is 2.00 bits per heavy atom. The number of nitrogens with one attached hydrogen (secondary N) is 1. The fourth-order valence-electron chi connectivity index (χ4n) is 2.93. The average molecular weight is 275 g/mol. The monoisotopic (exact) mass is 275 g/mol. The van der Waals surface area contributed by atoms with E-state index in [2.05, 4.69) is 27.2 Å². The smallest absolute Gasteiger partial charge is 0.151 e. The van der Waals surface area contributed by atoms with Crippen molar-refractivity contribution in [2.45, 2.75) is 19.4 Å². The van der Waals surface area contributed by atoms with Gasteiger partial charge in [-0.3, -0.25) is 16.3 Å². The highest BCUT2D eigenvalue weighted by atomic mass is 19.1. The van der Waals surface area contributed by atoms with Gasteiger partial charge in [-0.2, -0.15) is 0 Å². The van der Waals surface area contributed by atoms with E-state index in [0.29, 0.717) is 17.0 Å². The molecule has 2 heterocycles. The summed E-state index contributed by atoms with van der Waals surface area (Å²) in [6.07, 6.45) is 4.15. The van der Waals surface area contributed by atoms with Crippen LogP contribution in [-0.4, -0.2) is 29.1 Å². The number of rotatable bonds is 2. The normalized spacial score (nSPS) is 23.2. The Hall–Kier alpha value is -1.79. The fourth-order valence-corrected chi connectivity index (χ4v) is 2.93. The van der Waals surface area contributed by atoms with E-state index in [0.717, 1.165) is 25.2 Å². The van der Waals surface area contributed by atoms with Gasteiger partial charge >= 0.3 is 0 Å². The summed E-state index contributed by atoms with van der Waals surface area (Å²) in [5.41, 5.74) is 4.69. The SMILES string of the molecule is CC1CC(NN)CN(c2ccc(F)c3nccnc23)C1. The second-order valence-electron chi connectivity index (χ2n) is 5.43. The van der Waals surface area contributed by atoms with E-state index in [-0.39, 0.29) is 11.9 Å². The van der Waals surface area contributed by atoms with Crippen LogP contribution in [0.25, 0.3) is 11.0 Å². The van der Waals surface area contributed by atoms with E-state index in [1.807, 2.05) is 0 Å². The molecule has 3 N–H and O–H groups in total. The van der Waals surface area contributed by atoms with E-state index in [1.54, 1.807) is 12.3 Å². The van der Waals surface area contributed by atoms with E-state index >= 15 is 0 Å². The van der Waals surface area contributed by atoms with Gasteiger partial charge < -0.3 is 4.90 Å². The molecule has 1 aliphatic heterocycles. The second-order valence-corrected chi connectivity index (χ2v) is 5.43. The standard InChI is InChI=1S/C14H18FN5/c1-9-6-10(19-16)8-20(7-9)12-3-2-11(15)13-14(12)18-5-4-17-13/h2-5,9-10,19H,6-8,16H2,1H3. The van der Waals surface area contributed by atoms with E-state index < -0.39 is 0 Å².